The van der Waals surface area contributed by atoms with E-state index in [1.807, 2.05) is 37.2 Å². The van der Waals surface area contributed by atoms with Crippen molar-refractivity contribution in [1.82, 2.24) is 29.9 Å². The fourth-order valence-corrected chi connectivity index (χ4v) is 13.0. The minimum absolute atomic E-state index is 0.448. The molecule has 6 heterocycles. The summed E-state index contributed by atoms with van der Waals surface area (Å²) in [6.07, 6.45) is 26.6. The van der Waals surface area contributed by atoms with E-state index in [2.05, 4.69) is 109 Å². The Balaban J connectivity index is 0.977. The Morgan fingerprint density at radius 3 is 0.583 bits per heavy atom. The molecule has 0 amide bonds. The number of hydrogen-bond donors (Lipinski definition) is 0. The Bertz CT molecular complexity index is 1950. The minimum atomic E-state index is 0.448. The summed E-state index contributed by atoms with van der Waals surface area (Å²) in [5.41, 5.74) is 7.61. The highest BCUT2D eigenvalue weighted by atomic mass is 14.7. The molecule has 0 aliphatic heterocycles. The predicted molar refractivity (Wildman–Crippen MR) is 238 cm³/mol. The van der Waals surface area contributed by atoms with Crippen LogP contribution in [0.4, 0.5) is 0 Å². The number of aromatic nitrogens is 6. The Hall–Kier alpha value is -5.10. The lowest BCUT2D eigenvalue weighted by Crippen LogP contribution is -2.38. The second kappa shape index (κ2) is 18.3. The molecule has 0 aromatic carbocycles. The van der Waals surface area contributed by atoms with Crippen LogP contribution in [0, 0.1) is 35.5 Å². The number of nitrogens with zero attached hydrogens (tertiary/aromatic N) is 6. The molecule has 10 atom stereocenters. The molecule has 6 nitrogen and oxygen atoms in total. The Morgan fingerprint density at radius 2 is 0.400 bits per heavy atom. The van der Waals surface area contributed by atoms with Gasteiger partial charge in [0.15, 0.2) is 0 Å². The molecule has 6 heteroatoms. The summed E-state index contributed by atoms with van der Waals surface area (Å²) in [5.74, 6) is 6.55. The van der Waals surface area contributed by atoms with E-state index < -0.39 is 0 Å². The zero-order valence-electron chi connectivity index (χ0n) is 35.0. The molecule has 4 aliphatic rings. The fourth-order valence-electron chi connectivity index (χ4n) is 13.0. The highest BCUT2D eigenvalue weighted by Gasteiger charge is 2.46. The van der Waals surface area contributed by atoms with Crippen LogP contribution in [0.1, 0.15) is 147 Å². The van der Waals surface area contributed by atoms with Crippen molar-refractivity contribution < 1.29 is 0 Å². The highest BCUT2D eigenvalue weighted by Crippen LogP contribution is 2.57. The van der Waals surface area contributed by atoms with Crippen LogP contribution in [0.15, 0.2) is 146 Å². The molecule has 0 N–H and O–H groups in total. The molecule has 60 heavy (non-hydrogen) atoms. The summed E-state index contributed by atoms with van der Waals surface area (Å²) >= 11 is 0. The molecule has 4 fully saturated rings. The van der Waals surface area contributed by atoms with Gasteiger partial charge >= 0.3 is 0 Å². The number of hydrogen-bond acceptors (Lipinski definition) is 6. The van der Waals surface area contributed by atoms with Crippen LogP contribution in [-0.4, -0.2) is 29.9 Å². The van der Waals surface area contributed by atoms with Crippen molar-refractivity contribution in [3.8, 4) is 0 Å². The van der Waals surface area contributed by atoms with Crippen LogP contribution in [0.5, 0.6) is 0 Å². The third kappa shape index (κ3) is 8.85. The van der Waals surface area contributed by atoms with Crippen LogP contribution in [-0.2, 0) is 0 Å². The first-order chi connectivity index (χ1) is 29.7. The lowest BCUT2D eigenvalue weighted by Gasteiger charge is -2.49. The Morgan fingerprint density at radius 1 is 0.217 bits per heavy atom. The molecule has 6 aromatic heterocycles. The standard InChI is InChI=1S/C54H60N6/c1-7-19-55-49(13-1)43-27-37(25-39(29-43)41-31-45(51-15-3-9-21-57-51)35-46(32-41)52-16-4-10-22-58-52)38-26-40(30-44(28-38)50-14-2-8-20-56-50)42-33-47(53-17-5-11-23-59-53)36-48(34-42)54-18-6-12-24-60-54/h1-24,37-48H,25-36H2. The molecule has 0 radical (unpaired) electrons. The molecule has 10 unspecified atom stereocenters. The van der Waals surface area contributed by atoms with Gasteiger partial charge in [-0.05, 0) is 185 Å². The zero-order chi connectivity index (χ0) is 40.1. The van der Waals surface area contributed by atoms with Crippen molar-refractivity contribution in [3.05, 3.63) is 181 Å². The van der Waals surface area contributed by atoms with Gasteiger partial charge < -0.3 is 0 Å². The van der Waals surface area contributed by atoms with E-state index in [9.17, 15) is 0 Å². The predicted octanol–water partition coefficient (Wildman–Crippen LogP) is 12.5. The molecule has 306 valence electrons. The van der Waals surface area contributed by atoms with Gasteiger partial charge in [-0.15, -0.1) is 0 Å². The van der Waals surface area contributed by atoms with E-state index in [4.69, 9.17) is 29.9 Å². The third-order valence-corrected chi connectivity index (χ3v) is 15.7. The maximum Gasteiger partial charge on any atom is 0.0434 e. The van der Waals surface area contributed by atoms with Crippen molar-refractivity contribution in [2.45, 2.75) is 113 Å². The van der Waals surface area contributed by atoms with Gasteiger partial charge in [-0.1, -0.05) is 36.4 Å². The van der Waals surface area contributed by atoms with Crippen LogP contribution in [0.2, 0.25) is 0 Å². The van der Waals surface area contributed by atoms with Gasteiger partial charge in [-0.3, -0.25) is 29.9 Å². The molecule has 10 rings (SSSR count). The first kappa shape index (κ1) is 39.1. The second-order valence-electron chi connectivity index (χ2n) is 19.1. The van der Waals surface area contributed by atoms with Crippen molar-refractivity contribution >= 4 is 0 Å². The first-order valence-corrected chi connectivity index (χ1v) is 23.2. The topological polar surface area (TPSA) is 77.3 Å². The summed E-state index contributed by atoms with van der Waals surface area (Å²) in [6.45, 7) is 0. The van der Waals surface area contributed by atoms with Crippen LogP contribution >= 0.6 is 0 Å². The fraction of sp³-hybridized carbons (Fsp3) is 0.444. The molecule has 6 aromatic rings. The lowest BCUT2D eigenvalue weighted by atomic mass is 9.56. The van der Waals surface area contributed by atoms with Crippen molar-refractivity contribution in [2.24, 2.45) is 35.5 Å². The highest BCUT2D eigenvalue weighted by molar-refractivity contribution is 5.21. The molecule has 0 spiro atoms. The van der Waals surface area contributed by atoms with Crippen LogP contribution < -0.4 is 0 Å². The van der Waals surface area contributed by atoms with Gasteiger partial charge in [0.1, 0.15) is 0 Å². The summed E-state index contributed by atoms with van der Waals surface area (Å²) in [7, 11) is 0. The van der Waals surface area contributed by atoms with Gasteiger partial charge in [0.05, 0.1) is 0 Å². The largest absolute Gasteiger partial charge is 0.261 e. The van der Waals surface area contributed by atoms with Crippen LogP contribution in [0.3, 0.4) is 0 Å². The van der Waals surface area contributed by atoms with E-state index in [1.54, 1.807) is 0 Å². The Kier molecular flexibility index (Phi) is 11.9. The number of rotatable bonds is 9. The monoisotopic (exact) mass is 792 g/mol. The van der Waals surface area contributed by atoms with E-state index in [1.165, 1.54) is 98.4 Å². The van der Waals surface area contributed by atoms with E-state index in [0.717, 1.165) is 12.8 Å². The molecule has 0 saturated heterocycles. The maximum absolute atomic E-state index is 5.07. The number of pyridine rings is 6. The van der Waals surface area contributed by atoms with Gasteiger partial charge in [0, 0.05) is 107 Å². The van der Waals surface area contributed by atoms with Gasteiger partial charge in [-0.2, -0.15) is 0 Å². The average Bonchev–Trinajstić information content (AvgIpc) is 3.35. The smallest absolute Gasteiger partial charge is 0.0434 e. The molecular weight excluding hydrogens is 733 g/mol. The summed E-state index contributed by atoms with van der Waals surface area (Å²) in [6, 6.07) is 39.2. The first-order valence-electron chi connectivity index (χ1n) is 23.2. The minimum Gasteiger partial charge on any atom is -0.261 e. The van der Waals surface area contributed by atoms with Gasteiger partial charge in [0.25, 0.3) is 0 Å². The summed E-state index contributed by atoms with van der Waals surface area (Å²) in [5, 5.41) is 0. The molecule has 4 saturated carbocycles. The zero-order valence-corrected chi connectivity index (χ0v) is 35.0. The van der Waals surface area contributed by atoms with Crippen molar-refractivity contribution in [2.75, 3.05) is 0 Å². The van der Waals surface area contributed by atoms with E-state index in [-0.39, 0.29) is 0 Å². The normalized spacial score (nSPS) is 32.2. The van der Waals surface area contributed by atoms with E-state index >= 15 is 0 Å². The molecule has 4 aliphatic carbocycles. The van der Waals surface area contributed by atoms with Crippen LogP contribution in [0.25, 0.3) is 0 Å². The molecular formula is C54H60N6. The Labute approximate surface area is 357 Å². The quantitative estimate of drug-likeness (QED) is 0.145. The maximum atomic E-state index is 5.07. The van der Waals surface area contributed by atoms with Gasteiger partial charge in [-0.25, -0.2) is 0 Å². The summed E-state index contributed by atoms with van der Waals surface area (Å²) in [4.78, 5) is 30.0. The third-order valence-electron chi connectivity index (χ3n) is 15.7. The van der Waals surface area contributed by atoms with Crippen molar-refractivity contribution in [3.63, 3.8) is 0 Å². The SMILES string of the molecule is c1ccc(C2CC(c3ccccn3)CC(C3CC(c4ccccn4)CC(C4CC(c5ccccn5)CC(C5CC(c6ccccn6)CC(c6ccccn6)C5)C4)C3)C2)nc1. The van der Waals surface area contributed by atoms with E-state index in [0.29, 0.717) is 71.0 Å². The van der Waals surface area contributed by atoms with Crippen molar-refractivity contribution in [1.29, 1.82) is 0 Å². The second-order valence-corrected chi connectivity index (χ2v) is 19.1. The summed E-state index contributed by atoms with van der Waals surface area (Å²) < 4.78 is 0. The van der Waals surface area contributed by atoms with Gasteiger partial charge in [0.2, 0.25) is 0 Å². The average molecular weight is 793 g/mol. The molecule has 0 bridgehead atoms. The lowest BCUT2D eigenvalue weighted by molar-refractivity contribution is 0.0518.